The largest absolute Gasteiger partial charge is 0.477 e. The third-order valence-electron chi connectivity index (χ3n) is 2.64. The van der Waals surface area contributed by atoms with Gasteiger partial charge >= 0.3 is 5.97 Å². The highest BCUT2D eigenvalue weighted by Gasteiger charge is 2.10. The first-order valence-corrected chi connectivity index (χ1v) is 7.80. The minimum absolute atomic E-state index is 0.208. The van der Waals surface area contributed by atoms with Crippen molar-refractivity contribution in [2.24, 2.45) is 0 Å². The van der Waals surface area contributed by atoms with Crippen molar-refractivity contribution in [2.75, 3.05) is 6.61 Å². The average Bonchev–Trinajstić information content (AvgIpc) is 2.93. The molecule has 0 saturated carbocycles. The molecule has 4 nitrogen and oxygen atoms in total. The van der Waals surface area contributed by atoms with Gasteiger partial charge in [-0.25, -0.2) is 0 Å². The molecule has 1 unspecified atom stereocenters. The van der Waals surface area contributed by atoms with E-state index in [0.29, 0.717) is 0 Å². The zero-order chi connectivity index (χ0) is 15.8. The van der Waals surface area contributed by atoms with Crippen LogP contribution in [0, 0.1) is 0 Å². The third-order valence-corrected chi connectivity index (χ3v) is 3.43. The molecule has 0 bridgehead atoms. The molecule has 0 aliphatic heterocycles. The zero-order valence-corrected chi connectivity index (χ0v) is 13.2. The van der Waals surface area contributed by atoms with Gasteiger partial charge in [-0.15, -0.1) is 17.9 Å². The van der Waals surface area contributed by atoms with Crippen molar-refractivity contribution in [2.45, 2.75) is 19.4 Å². The van der Waals surface area contributed by atoms with E-state index in [9.17, 15) is 4.79 Å². The smallest absolute Gasteiger partial charge is 0.309 e. The fourth-order valence-electron chi connectivity index (χ4n) is 1.66. The van der Waals surface area contributed by atoms with Crippen LogP contribution in [0.3, 0.4) is 0 Å². The Morgan fingerprint density at radius 1 is 1.32 bits per heavy atom. The molecule has 1 heterocycles. The molecule has 0 amide bonds. The number of thiophene rings is 1. The van der Waals surface area contributed by atoms with Crippen LogP contribution >= 0.6 is 11.3 Å². The molecule has 2 aromatic rings. The van der Waals surface area contributed by atoms with E-state index in [4.69, 9.17) is 14.2 Å². The van der Waals surface area contributed by atoms with Crippen LogP contribution in [0.15, 0.2) is 54.4 Å². The molecule has 0 saturated heterocycles. The summed E-state index contributed by atoms with van der Waals surface area (Å²) in [6.07, 6.45) is 1.50. The number of benzene rings is 1. The Hall–Kier alpha value is -2.27. The van der Waals surface area contributed by atoms with E-state index in [1.807, 2.05) is 48.7 Å². The van der Waals surface area contributed by atoms with Crippen LogP contribution in [0.1, 0.15) is 13.3 Å². The van der Waals surface area contributed by atoms with Crippen LogP contribution in [0.2, 0.25) is 0 Å². The topological polar surface area (TPSA) is 44.8 Å². The van der Waals surface area contributed by atoms with Gasteiger partial charge in [0.2, 0.25) is 0 Å². The van der Waals surface area contributed by atoms with Crippen LogP contribution in [0.25, 0.3) is 0 Å². The fourth-order valence-corrected chi connectivity index (χ4v) is 2.41. The van der Waals surface area contributed by atoms with Crippen LogP contribution < -0.4 is 9.47 Å². The Balaban J connectivity index is 1.81. The van der Waals surface area contributed by atoms with E-state index in [1.165, 1.54) is 17.4 Å². The number of hydrogen-bond donors (Lipinski definition) is 0. The second-order valence-corrected chi connectivity index (χ2v) is 5.49. The normalized spacial score (nSPS) is 11.5. The van der Waals surface area contributed by atoms with Gasteiger partial charge in [0.05, 0.1) is 6.42 Å². The van der Waals surface area contributed by atoms with Crippen molar-refractivity contribution in [1.29, 1.82) is 0 Å². The van der Waals surface area contributed by atoms with Crippen molar-refractivity contribution in [3.05, 3.63) is 54.4 Å². The highest BCUT2D eigenvalue weighted by molar-refractivity contribution is 7.12. The first kappa shape index (κ1) is 16.1. The Kier molecular flexibility index (Phi) is 6.03. The van der Waals surface area contributed by atoms with Gasteiger partial charge in [-0.3, -0.25) is 4.79 Å². The monoisotopic (exact) mass is 318 g/mol. The predicted octanol–water partition coefficient (Wildman–Crippen LogP) is 4.43. The highest BCUT2D eigenvalue weighted by Crippen LogP contribution is 2.32. The van der Waals surface area contributed by atoms with Gasteiger partial charge in [-0.1, -0.05) is 24.3 Å². The molecule has 0 fully saturated rings. The molecule has 116 valence electrons. The van der Waals surface area contributed by atoms with Gasteiger partial charge < -0.3 is 14.2 Å². The summed E-state index contributed by atoms with van der Waals surface area (Å²) in [7, 11) is 0. The van der Waals surface area contributed by atoms with E-state index < -0.39 is 0 Å². The first-order valence-electron chi connectivity index (χ1n) is 6.92. The number of esters is 1. The van der Waals surface area contributed by atoms with E-state index in [2.05, 4.69) is 6.58 Å². The number of rotatable bonds is 8. The van der Waals surface area contributed by atoms with Crippen LogP contribution in [-0.2, 0) is 9.53 Å². The second kappa shape index (κ2) is 8.24. The summed E-state index contributed by atoms with van der Waals surface area (Å²) in [6, 6.07) is 11.4. The maximum atomic E-state index is 11.2. The van der Waals surface area contributed by atoms with Crippen LogP contribution in [-0.4, -0.2) is 18.7 Å². The first-order chi connectivity index (χ1) is 10.7. The lowest BCUT2D eigenvalue weighted by Crippen LogP contribution is -2.21. The summed E-state index contributed by atoms with van der Waals surface area (Å²) in [5.41, 5.74) is 0. The lowest BCUT2D eigenvalue weighted by molar-refractivity contribution is -0.144. The number of para-hydroxylation sites is 1. The van der Waals surface area contributed by atoms with E-state index in [0.717, 1.165) is 16.6 Å². The van der Waals surface area contributed by atoms with Gasteiger partial charge in [0.1, 0.15) is 24.2 Å². The molecule has 0 spiro atoms. The van der Waals surface area contributed by atoms with Gasteiger partial charge in [0.15, 0.2) is 5.06 Å². The summed E-state index contributed by atoms with van der Waals surface area (Å²) in [6.45, 7) is 5.54. The van der Waals surface area contributed by atoms with Gasteiger partial charge in [0, 0.05) is 11.4 Å². The lowest BCUT2D eigenvalue weighted by atomic mass is 10.3. The molecule has 0 N–H and O–H groups in total. The Morgan fingerprint density at radius 2 is 2.09 bits per heavy atom. The van der Waals surface area contributed by atoms with Crippen molar-refractivity contribution in [3.8, 4) is 16.6 Å². The summed E-state index contributed by atoms with van der Waals surface area (Å²) >= 11 is 1.44. The average molecular weight is 318 g/mol. The molecule has 5 heteroatoms. The van der Waals surface area contributed by atoms with E-state index in [1.54, 1.807) is 0 Å². The van der Waals surface area contributed by atoms with Crippen molar-refractivity contribution >= 4 is 17.3 Å². The van der Waals surface area contributed by atoms with Crippen molar-refractivity contribution in [3.63, 3.8) is 0 Å². The number of hydrogen-bond acceptors (Lipinski definition) is 5. The molecule has 0 radical (unpaired) electrons. The van der Waals surface area contributed by atoms with Crippen molar-refractivity contribution in [1.82, 2.24) is 0 Å². The number of carbonyl (C=O) groups excluding carboxylic acids is 1. The molecule has 0 aliphatic rings. The summed E-state index contributed by atoms with van der Waals surface area (Å²) in [5, 5.41) is 2.59. The lowest BCUT2D eigenvalue weighted by Gasteiger charge is -2.12. The van der Waals surface area contributed by atoms with E-state index in [-0.39, 0.29) is 25.1 Å². The number of ether oxygens (including phenoxy) is 3. The highest BCUT2D eigenvalue weighted by atomic mass is 32.1. The maximum absolute atomic E-state index is 11.2. The molecule has 1 aromatic carbocycles. The SMILES string of the molecule is C=CCC(=O)OCC(C)Oc1cc(Oc2ccccc2)cs1. The van der Waals surface area contributed by atoms with Crippen LogP contribution in [0.5, 0.6) is 16.6 Å². The Labute approximate surface area is 133 Å². The maximum Gasteiger partial charge on any atom is 0.309 e. The standard InChI is InChI=1S/C17H18O4S/c1-3-7-16(18)19-11-13(2)20-17-10-15(12-22-17)21-14-8-5-4-6-9-14/h3-6,8-10,12-13H,1,7,11H2,2H3. The summed E-state index contributed by atoms with van der Waals surface area (Å²) < 4.78 is 16.5. The molecular formula is C17H18O4S. The number of carbonyl (C=O) groups is 1. The Morgan fingerprint density at radius 3 is 2.82 bits per heavy atom. The summed E-state index contributed by atoms with van der Waals surface area (Å²) in [4.78, 5) is 11.2. The molecule has 0 aliphatic carbocycles. The van der Waals surface area contributed by atoms with Crippen molar-refractivity contribution < 1.29 is 19.0 Å². The molecule has 2 rings (SSSR count). The van der Waals surface area contributed by atoms with E-state index >= 15 is 0 Å². The zero-order valence-electron chi connectivity index (χ0n) is 12.4. The van der Waals surface area contributed by atoms with Gasteiger partial charge in [-0.05, 0) is 19.1 Å². The fraction of sp³-hybridized carbons (Fsp3) is 0.235. The molecular weight excluding hydrogens is 300 g/mol. The predicted molar refractivity (Wildman–Crippen MR) is 86.7 cm³/mol. The van der Waals surface area contributed by atoms with Gasteiger partial charge in [0.25, 0.3) is 0 Å². The minimum Gasteiger partial charge on any atom is -0.477 e. The van der Waals surface area contributed by atoms with Gasteiger partial charge in [-0.2, -0.15) is 0 Å². The second-order valence-electron chi connectivity index (χ2n) is 4.62. The van der Waals surface area contributed by atoms with Crippen LogP contribution in [0.4, 0.5) is 0 Å². The Bertz CT molecular complexity index is 606. The quantitative estimate of drug-likeness (QED) is 0.533. The molecule has 1 atom stereocenters. The minimum atomic E-state index is -0.301. The third kappa shape index (κ3) is 5.26. The summed E-state index contributed by atoms with van der Waals surface area (Å²) in [5.74, 6) is 1.20. The molecule has 22 heavy (non-hydrogen) atoms. The molecule has 1 aromatic heterocycles.